The highest BCUT2D eigenvalue weighted by atomic mass is 32.2. The Bertz CT molecular complexity index is 571. The lowest BCUT2D eigenvalue weighted by Gasteiger charge is -2.08. The zero-order valence-corrected chi connectivity index (χ0v) is 11.1. The van der Waals surface area contributed by atoms with Gasteiger partial charge in [0.15, 0.2) is 0 Å². The van der Waals surface area contributed by atoms with Gasteiger partial charge in [-0.05, 0) is 30.2 Å². The van der Waals surface area contributed by atoms with E-state index in [9.17, 15) is 8.42 Å². The molecule has 2 rings (SSSR count). The van der Waals surface area contributed by atoms with Gasteiger partial charge in [0.1, 0.15) is 0 Å². The highest BCUT2D eigenvalue weighted by Gasteiger charge is 2.29. The fraction of sp³-hybridized carbons (Fsp3) is 0.385. The van der Waals surface area contributed by atoms with Crippen LogP contribution in [0.25, 0.3) is 6.08 Å². The second kappa shape index (κ2) is 4.27. The van der Waals surface area contributed by atoms with Crippen molar-refractivity contribution in [2.75, 3.05) is 6.54 Å². The first-order valence-corrected chi connectivity index (χ1v) is 7.19. The van der Waals surface area contributed by atoms with E-state index in [1.807, 2.05) is 32.9 Å². The summed E-state index contributed by atoms with van der Waals surface area (Å²) in [6.45, 7) is 6.30. The monoisotopic (exact) mass is 251 g/mol. The van der Waals surface area contributed by atoms with E-state index >= 15 is 0 Å². The molecule has 0 aromatic heterocycles. The molecule has 0 amide bonds. The predicted molar refractivity (Wildman–Crippen MR) is 69.5 cm³/mol. The van der Waals surface area contributed by atoms with E-state index in [-0.39, 0.29) is 6.04 Å². The van der Waals surface area contributed by atoms with Crippen LogP contribution in [0.3, 0.4) is 0 Å². The average Bonchev–Trinajstić information content (AvgIpc) is 2.48. The van der Waals surface area contributed by atoms with Gasteiger partial charge in [0.05, 0.1) is 9.80 Å². The third-order valence-electron chi connectivity index (χ3n) is 2.80. The molecular formula is C13H17NO2S. The van der Waals surface area contributed by atoms with Gasteiger partial charge in [0, 0.05) is 12.6 Å². The molecule has 0 unspecified atom stereocenters. The standard InChI is InChI=1S/C13H17NO2S/c1-9(2)14-8-12-7-11-5-4-10(3)6-13(11)17(12,15)16/h4-7,9,14H,8H2,1-3H3. The van der Waals surface area contributed by atoms with Crippen molar-refractivity contribution in [3.05, 3.63) is 34.2 Å². The summed E-state index contributed by atoms with van der Waals surface area (Å²) in [4.78, 5) is 0.907. The molecule has 0 bridgehead atoms. The number of sulfone groups is 1. The SMILES string of the molecule is Cc1ccc2c(c1)S(=O)(=O)C(CNC(C)C)=C2. The number of aryl methyl sites for hydroxylation is 1. The van der Waals surface area contributed by atoms with Crippen LogP contribution in [0.15, 0.2) is 28.0 Å². The Morgan fingerprint density at radius 3 is 2.65 bits per heavy atom. The third-order valence-corrected chi connectivity index (χ3v) is 4.69. The number of nitrogens with one attached hydrogen (secondary N) is 1. The molecule has 1 aromatic carbocycles. The van der Waals surface area contributed by atoms with Crippen molar-refractivity contribution in [2.45, 2.75) is 31.7 Å². The molecule has 1 aromatic rings. The summed E-state index contributed by atoms with van der Waals surface area (Å²) in [5.41, 5.74) is 1.77. The van der Waals surface area contributed by atoms with Crippen LogP contribution in [0.5, 0.6) is 0 Å². The summed E-state index contributed by atoms with van der Waals surface area (Å²) < 4.78 is 24.5. The van der Waals surface area contributed by atoms with E-state index < -0.39 is 9.84 Å². The second-order valence-electron chi connectivity index (χ2n) is 4.69. The fourth-order valence-corrected chi connectivity index (χ4v) is 3.45. The zero-order chi connectivity index (χ0) is 12.6. The molecule has 0 saturated heterocycles. The van der Waals surface area contributed by atoms with Crippen molar-refractivity contribution in [1.82, 2.24) is 5.32 Å². The fourth-order valence-electron chi connectivity index (χ4n) is 1.84. The van der Waals surface area contributed by atoms with Gasteiger partial charge in [-0.15, -0.1) is 0 Å². The summed E-state index contributed by atoms with van der Waals surface area (Å²) in [5.74, 6) is 0. The maximum absolute atomic E-state index is 12.2. The summed E-state index contributed by atoms with van der Waals surface area (Å²) in [5, 5.41) is 3.15. The molecule has 0 atom stereocenters. The van der Waals surface area contributed by atoms with Crippen LogP contribution in [0, 0.1) is 6.92 Å². The first-order chi connectivity index (χ1) is 7.91. The van der Waals surface area contributed by atoms with Gasteiger partial charge >= 0.3 is 0 Å². The Labute approximate surface area is 102 Å². The van der Waals surface area contributed by atoms with Crippen molar-refractivity contribution in [3.63, 3.8) is 0 Å². The van der Waals surface area contributed by atoms with Crippen LogP contribution in [0.2, 0.25) is 0 Å². The van der Waals surface area contributed by atoms with Crippen molar-refractivity contribution in [2.24, 2.45) is 0 Å². The maximum Gasteiger partial charge on any atom is 0.204 e. The molecule has 17 heavy (non-hydrogen) atoms. The number of rotatable bonds is 3. The highest BCUT2D eigenvalue weighted by Crippen LogP contribution is 2.32. The second-order valence-corrected chi connectivity index (χ2v) is 6.66. The molecule has 1 heterocycles. The van der Waals surface area contributed by atoms with Gasteiger partial charge in [-0.25, -0.2) is 8.42 Å². The minimum atomic E-state index is -3.27. The molecule has 1 aliphatic heterocycles. The topological polar surface area (TPSA) is 46.2 Å². The van der Waals surface area contributed by atoms with E-state index in [1.165, 1.54) is 0 Å². The lowest BCUT2D eigenvalue weighted by atomic mass is 10.1. The summed E-state index contributed by atoms with van der Waals surface area (Å²) in [6.07, 6.45) is 1.76. The van der Waals surface area contributed by atoms with E-state index in [1.54, 1.807) is 12.1 Å². The quantitative estimate of drug-likeness (QED) is 0.895. The number of hydrogen-bond acceptors (Lipinski definition) is 3. The lowest BCUT2D eigenvalue weighted by Crippen LogP contribution is -2.26. The molecular weight excluding hydrogens is 234 g/mol. The summed E-state index contributed by atoms with van der Waals surface area (Å²) >= 11 is 0. The van der Waals surface area contributed by atoms with Crippen LogP contribution in [0.4, 0.5) is 0 Å². The van der Waals surface area contributed by atoms with Crippen molar-refractivity contribution >= 4 is 15.9 Å². The summed E-state index contributed by atoms with van der Waals surface area (Å²) in [6, 6.07) is 5.81. The van der Waals surface area contributed by atoms with Crippen LogP contribution >= 0.6 is 0 Å². The van der Waals surface area contributed by atoms with E-state index in [2.05, 4.69) is 5.32 Å². The van der Waals surface area contributed by atoms with Gasteiger partial charge < -0.3 is 5.32 Å². The lowest BCUT2D eigenvalue weighted by molar-refractivity contribution is 0.593. The molecule has 92 valence electrons. The zero-order valence-electron chi connectivity index (χ0n) is 10.3. The Balaban J connectivity index is 2.36. The first-order valence-electron chi connectivity index (χ1n) is 5.71. The smallest absolute Gasteiger partial charge is 0.204 e. The molecule has 1 aliphatic rings. The Morgan fingerprint density at radius 2 is 2.00 bits per heavy atom. The molecule has 4 heteroatoms. The van der Waals surface area contributed by atoms with E-state index in [0.717, 1.165) is 11.1 Å². The molecule has 1 N–H and O–H groups in total. The summed E-state index contributed by atoms with van der Waals surface area (Å²) in [7, 11) is -3.27. The van der Waals surface area contributed by atoms with Crippen LogP contribution in [0.1, 0.15) is 25.0 Å². The number of fused-ring (bicyclic) bond motifs is 1. The molecule has 0 spiro atoms. The van der Waals surface area contributed by atoms with E-state index in [0.29, 0.717) is 16.3 Å². The molecule has 0 radical (unpaired) electrons. The molecule has 0 aliphatic carbocycles. The molecule has 3 nitrogen and oxygen atoms in total. The largest absolute Gasteiger partial charge is 0.310 e. The number of benzene rings is 1. The van der Waals surface area contributed by atoms with E-state index in [4.69, 9.17) is 0 Å². The van der Waals surface area contributed by atoms with Gasteiger partial charge in [0.25, 0.3) is 0 Å². The third kappa shape index (κ3) is 2.28. The number of hydrogen-bond donors (Lipinski definition) is 1. The van der Waals surface area contributed by atoms with Crippen LogP contribution < -0.4 is 5.32 Å². The van der Waals surface area contributed by atoms with Crippen molar-refractivity contribution in [3.8, 4) is 0 Å². The Kier molecular flexibility index (Phi) is 3.10. The van der Waals surface area contributed by atoms with Crippen LogP contribution in [-0.2, 0) is 9.84 Å². The normalized spacial score (nSPS) is 17.1. The van der Waals surface area contributed by atoms with Gasteiger partial charge in [-0.2, -0.15) is 0 Å². The highest BCUT2D eigenvalue weighted by molar-refractivity contribution is 7.95. The Hall–Kier alpha value is -1.13. The predicted octanol–water partition coefficient (Wildman–Crippen LogP) is 2.12. The van der Waals surface area contributed by atoms with Crippen molar-refractivity contribution in [1.29, 1.82) is 0 Å². The minimum absolute atomic E-state index is 0.275. The van der Waals surface area contributed by atoms with Gasteiger partial charge in [-0.3, -0.25) is 0 Å². The maximum atomic E-state index is 12.2. The van der Waals surface area contributed by atoms with Crippen molar-refractivity contribution < 1.29 is 8.42 Å². The van der Waals surface area contributed by atoms with Gasteiger partial charge in [-0.1, -0.05) is 26.0 Å². The first kappa shape index (κ1) is 12.3. The molecule has 0 saturated carbocycles. The molecule has 0 fully saturated rings. The Morgan fingerprint density at radius 1 is 1.29 bits per heavy atom. The van der Waals surface area contributed by atoms with Gasteiger partial charge in [0.2, 0.25) is 9.84 Å². The van der Waals surface area contributed by atoms with Crippen LogP contribution in [-0.4, -0.2) is 21.0 Å². The average molecular weight is 251 g/mol. The minimum Gasteiger partial charge on any atom is -0.310 e.